The summed E-state index contributed by atoms with van der Waals surface area (Å²) in [5, 5.41) is 11.3. The number of benzene rings is 2. The summed E-state index contributed by atoms with van der Waals surface area (Å²) < 4.78 is 0.877. The van der Waals surface area contributed by atoms with E-state index in [0.29, 0.717) is 0 Å². The van der Waals surface area contributed by atoms with Crippen LogP contribution in [0.15, 0.2) is 54.6 Å². The van der Waals surface area contributed by atoms with Crippen LogP contribution in [-0.2, 0) is 12.8 Å². The molecule has 5 heteroatoms. The first kappa shape index (κ1) is 18.5. The molecule has 140 valence electrons. The number of aliphatic hydroxyl groups is 1. The molecule has 4 rings (SSSR count). The molecule has 2 aromatic carbocycles. The molecule has 3 nitrogen and oxygen atoms in total. The summed E-state index contributed by atoms with van der Waals surface area (Å²) in [5.74, 6) is 0.948. The predicted octanol–water partition coefficient (Wildman–Crippen LogP) is 4.71. The van der Waals surface area contributed by atoms with Crippen LogP contribution in [-0.4, -0.2) is 37.7 Å². The third kappa shape index (κ3) is 3.64. The number of aromatic nitrogens is 1. The lowest BCUT2D eigenvalue weighted by atomic mass is 9.93. The highest BCUT2D eigenvalue weighted by Gasteiger charge is 2.35. The van der Waals surface area contributed by atoms with E-state index < -0.39 is 0 Å². The van der Waals surface area contributed by atoms with Gasteiger partial charge in [0.1, 0.15) is 4.32 Å². The number of thiocarbonyl (C=S) groups is 1. The van der Waals surface area contributed by atoms with Gasteiger partial charge in [0.25, 0.3) is 0 Å². The van der Waals surface area contributed by atoms with E-state index in [9.17, 15) is 5.11 Å². The Hall–Kier alpha value is -1.82. The second-order valence-electron chi connectivity index (χ2n) is 7.04. The molecule has 0 saturated carbocycles. The highest BCUT2D eigenvalue weighted by Crippen LogP contribution is 2.38. The predicted molar refractivity (Wildman–Crippen MR) is 118 cm³/mol. The number of nitrogens with zero attached hydrogens (tertiary/aromatic N) is 1. The second kappa shape index (κ2) is 8.05. The van der Waals surface area contributed by atoms with E-state index in [-0.39, 0.29) is 18.7 Å². The average Bonchev–Trinajstić information content (AvgIpc) is 3.07. The molecule has 0 saturated heterocycles. The van der Waals surface area contributed by atoms with E-state index in [1.54, 1.807) is 11.8 Å². The summed E-state index contributed by atoms with van der Waals surface area (Å²) in [6.07, 6.45) is 1.81. The van der Waals surface area contributed by atoms with E-state index in [2.05, 4.69) is 65.3 Å². The van der Waals surface area contributed by atoms with Crippen molar-refractivity contribution in [3.63, 3.8) is 0 Å². The third-order valence-electron chi connectivity index (χ3n) is 5.40. The molecule has 1 aliphatic heterocycles. The van der Waals surface area contributed by atoms with Crippen LogP contribution < -0.4 is 0 Å². The van der Waals surface area contributed by atoms with Crippen LogP contribution in [0.4, 0.5) is 0 Å². The number of H-pyrrole nitrogens is 1. The molecule has 0 radical (unpaired) electrons. The van der Waals surface area contributed by atoms with Crippen molar-refractivity contribution in [1.82, 2.24) is 9.88 Å². The van der Waals surface area contributed by atoms with E-state index in [1.165, 1.54) is 22.2 Å². The summed E-state index contributed by atoms with van der Waals surface area (Å²) in [4.78, 5) is 5.81. The fourth-order valence-electron chi connectivity index (χ4n) is 4.02. The molecule has 0 fully saturated rings. The van der Waals surface area contributed by atoms with Crippen LogP contribution in [0, 0.1) is 0 Å². The summed E-state index contributed by atoms with van der Waals surface area (Å²) >= 11 is 7.50. The Morgan fingerprint density at radius 3 is 2.70 bits per heavy atom. The Bertz CT molecular complexity index is 938. The smallest absolute Gasteiger partial charge is 0.137 e. The van der Waals surface area contributed by atoms with Gasteiger partial charge < -0.3 is 15.0 Å². The molecule has 0 bridgehead atoms. The lowest BCUT2D eigenvalue weighted by Gasteiger charge is -2.41. The average molecular weight is 397 g/mol. The maximum Gasteiger partial charge on any atom is 0.137 e. The molecule has 2 N–H and O–H groups in total. The fourth-order valence-corrected chi connectivity index (χ4v) is 5.55. The minimum absolute atomic E-state index is 0.0310. The number of thioether (sulfide) groups is 1. The van der Waals surface area contributed by atoms with Crippen LogP contribution in [0.25, 0.3) is 10.9 Å². The first-order valence-electron chi connectivity index (χ1n) is 9.38. The summed E-state index contributed by atoms with van der Waals surface area (Å²) in [7, 11) is 0. The zero-order valence-electron chi connectivity index (χ0n) is 15.4. The van der Waals surface area contributed by atoms with Gasteiger partial charge in [0.2, 0.25) is 0 Å². The number of fused-ring (bicyclic) bond motifs is 3. The number of para-hydroxylation sites is 1. The summed E-state index contributed by atoms with van der Waals surface area (Å²) in [6.45, 7) is 2.29. The van der Waals surface area contributed by atoms with Gasteiger partial charge in [-0.25, -0.2) is 0 Å². The first-order valence-corrected chi connectivity index (χ1v) is 10.8. The molecular weight excluding hydrogens is 372 g/mol. The fraction of sp³-hybridized carbons (Fsp3) is 0.318. The van der Waals surface area contributed by atoms with Crippen molar-refractivity contribution < 1.29 is 5.11 Å². The van der Waals surface area contributed by atoms with Gasteiger partial charge in [0, 0.05) is 22.3 Å². The van der Waals surface area contributed by atoms with Crippen LogP contribution in [0.5, 0.6) is 0 Å². The standard InChI is InChI=1S/C22H24N2OS2/c1-15-21-19(18-9-5-6-10-20(18)23-21)13-17(14-25)24(15)22(26)27-12-11-16-7-3-2-4-8-16/h2-10,15,17,23,25H,11-14H2,1H3/t15-,17-/m0/s1. The van der Waals surface area contributed by atoms with Crippen molar-refractivity contribution in [2.75, 3.05) is 12.4 Å². The van der Waals surface area contributed by atoms with Gasteiger partial charge in [-0.1, -0.05) is 72.5 Å². The van der Waals surface area contributed by atoms with Crippen LogP contribution in [0.1, 0.15) is 29.8 Å². The van der Waals surface area contributed by atoms with Gasteiger partial charge in [-0.3, -0.25) is 0 Å². The summed E-state index contributed by atoms with van der Waals surface area (Å²) in [6, 6.07) is 19.1. The quantitative estimate of drug-likeness (QED) is 0.627. The largest absolute Gasteiger partial charge is 0.394 e. The Kier molecular flexibility index (Phi) is 5.53. The number of aryl methyl sites for hydroxylation is 1. The van der Waals surface area contributed by atoms with Gasteiger partial charge >= 0.3 is 0 Å². The van der Waals surface area contributed by atoms with Gasteiger partial charge in [-0.05, 0) is 37.0 Å². The number of hydrogen-bond donors (Lipinski definition) is 2. The lowest BCUT2D eigenvalue weighted by Crippen LogP contribution is -2.46. The molecule has 2 atom stereocenters. The molecule has 0 spiro atoms. The van der Waals surface area contributed by atoms with E-state index in [4.69, 9.17) is 12.2 Å². The van der Waals surface area contributed by atoms with Crippen LogP contribution in [0.2, 0.25) is 0 Å². The Labute approximate surface area is 169 Å². The zero-order valence-corrected chi connectivity index (χ0v) is 17.0. The van der Waals surface area contributed by atoms with E-state index in [0.717, 1.165) is 28.4 Å². The maximum atomic E-state index is 10.0. The maximum absolute atomic E-state index is 10.0. The number of aromatic amines is 1. The number of nitrogens with one attached hydrogen (secondary N) is 1. The van der Waals surface area contributed by atoms with Crippen molar-refractivity contribution in [3.05, 3.63) is 71.4 Å². The number of rotatable bonds is 4. The molecule has 27 heavy (non-hydrogen) atoms. The van der Waals surface area contributed by atoms with E-state index in [1.807, 2.05) is 6.07 Å². The molecule has 0 unspecified atom stereocenters. The first-order chi connectivity index (χ1) is 13.2. The third-order valence-corrected chi connectivity index (χ3v) is 6.83. The minimum atomic E-state index is 0.0310. The molecule has 0 aliphatic carbocycles. The molecule has 3 aromatic rings. The van der Waals surface area contributed by atoms with Crippen molar-refractivity contribution in [2.45, 2.75) is 31.8 Å². The van der Waals surface area contributed by atoms with Crippen molar-refractivity contribution in [2.24, 2.45) is 0 Å². The van der Waals surface area contributed by atoms with Crippen molar-refractivity contribution >= 4 is 39.2 Å². The second-order valence-corrected chi connectivity index (χ2v) is 8.77. The number of aliphatic hydroxyl groups excluding tert-OH is 1. The molecule has 1 aromatic heterocycles. The van der Waals surface area contributed by atoms with Crippen LogP contribution >= 0.6 is 24.0 Å². The topological polar surface area (TPSA) is 39.3 Å². The highest BCUT2D eigenvalue weighted by molar-refractivity contribution is 8.22. The normalized spacial score (nSPS) is 19.3. The zero-order chi connectivity index (χ0) is 18.8. The number of hydrogen-bond acceptors (Lipinski definition) is 3. The van der Waals surface area contributed by atoms with Gasteiger partial charge in [0.15, 0.2) is 0 Å². The molecule has 1 aliphatic rings. The van der Waals surface area contributed by atoms with E-state index >= 15 is 0 Å². The minimum Gasteiger partial charge on any atom is -0.394 e. The molecular formula is C22H24N2OS2. The highest BCUT2D eigenvalue weighted by atomic mass is 32.2. The molecule has 0 amide bonds. The van der Waals surface area contributed by atoms with Gasteiger partial charge in [-0.15, -0.1) is 0 Å². The Morgan fingerprint density at radius 1 is 1.19 bits per heavy atom. The SMILES string of the molecule is C[C@H]1c2[nH]c3ccccc3c2C[C@@H](CO)N1C(=S)SCCc1ccccc1. The Morgan fingerprint density at radius 2 is 1.93 bits per heavy atom. The monoisotopic (exact) mass is 396 g/mol. The molecule has 2 heterocycles. The van der Waals surface area contributed by atoms with Gasteiger partial charge in [0.05, 0.1) is 18.7 Å². The van der Waals surface area contributed by atoms with Crippen molar-refractivity contribution in [1.29, 1.82) is 0 Å². The van der Waals surface area contributed by atoms with Gasteiger partial charge in [-0.2, -0.15) is 0 Å². The summed E-state index contributed by atoms with van der Waals surface area (Å²) in [5.41, 5.74) is 5.05. The lowest BCUT2D eigenvalue weighted by molar-refractivity contribution is 0.146. The van der Waals surface area contributed by atoms with Crippen LogP contribution in [0.3, 0.4) is 0 Å². The Balaban J connectivity index is 1.52. The van der Waals surface area contributed by atoms with Crippen molar-refractivity contribution in [3.8, 4) is 0 Å².